The Morgan fingerprint density at radius 2 is 2.62 bits per heavy atom. The Morgan fingerprint density at radius 3 is 2.88 bits per heavy atom. The summed E-state index contributed by atoms with van der Waals surface area (Å²) in [7, 11) is 1.65. The molecule has 0 aliphatic rings. The topological polar surface area (TPSA) is 30.7 Å². The lowest BCUT2D eigenvalue weighted by Crippen LogP contribution is -1.94. The van der Waals surface area contributed by atoms with Crippen LogP contribution in [0.25, 0.3) is 0 Å². The van der Waals surface area contributed by atoms with E-state index in [1.54, 1.807) is 7.05 Å². The van der Waals surface area contributed by atoms with Crippen LogP contribution >= 0.6 is 0 Å². The molecule has 0 bridgehead atoms. The highest BCUT2D eigenvalue weighted by Gasteiger charge is 1.94. The van der Waals surface area contributed by atoms with E-state index in [0.29, 0.717) is 5.69 Å². The van der Waals surface area contributed by atoms with Gasteiger partial charge in [-0.05, 0) is 0 Å². The zero-order chi connectivity index (χ0) is 5.98. The van der Waals surface area contributed by atoms with Crippen LogP contribution in [0.4, 0.5) is 4.39 Å². The lowest BCUT2D eigenvalue weighted by molar-refractivity contribution is 0.457. The van der Waals surface area contributed by atoms with Gasteiger partial charge in [-0.1, -0.05) is 5.21 Å². The first-order chi connectivity index (χ1) is 3.84. The maximum Gasteiger partial charge on any atom is 0.133 e. The summed E-state index contributed by atoms with van der Waals surface area (Å²) in [6.07, 6.45) is 1.40. The highest BCUT2D eigenvalue weighted by atomic mass is 19.1. The van der Waals surface area contributed by atoms with Gasteiger partial charge in [-0.2, -0.15) is 0 Å². The maximum atomic E-state index is 11.7. The van der Waals surface area contributed by atoms with Gasteiger partial charge in [0.1, 0.15) is 6.67 Å². The van der Waals surface area contributed by atoms with Gasteiger partial charge in [-0.15, -0.1) is 5.10 Å². The lowest BCUT2D eigenvalue weighted by atomic mass is 10.5. The molecule has 0 aliphatic carbocycles. The summed E-state index contributed by atoms with van der Waals surface area (Å²) in [5, 5.41) is 6.98. The van der Waals surface area contributed by atoms with E-state index >= 15 is 0 Å². The van der Waals surface area contributed by atoms with Crippen molar-refractivity contribution in [1.82, 2.24) is 15.0 Å². The van der Waals surface area contributed by atoms with Crippen LogP contribution in [0, 0.1) is 0 Å². The summed E-state index contributed by atoms with van der Waals surface area (Å²) in [4.78, 5) is 0. The minimum Gasteiger partial charge on any atom is -0.250 e. The van der Waals surface area contributed by atoms with E-state index in [4.69, 9.17) is 0 Å². The predicted molar refractivity (Wildman–Crippen MR) is 25.8 cm³/mol. The molecule has 0 aliphatic heterocycles. The molecule has 0 spiro atoms. The molecule has 1 aromatic rings. The summed E-state index contributed by atoms with van der Waals surface area (Å²) in [5.41, 5.74) is 0.505. The van der Waals surface area contributed by atoms with Crippen molar-refractivity contribution in [3.05, 3.63) is 11.9 Å². The molecule has 1 rings (SSSR count). The normalized spacial score (nSPS) is 9.75. The fourth-order valence-corrected chi connectivity index (χ4v) is 0.432. The molecule has 3 nitrogen and oxygen atoms in total. The van der Waals surface area contributed by atoms with Gasteiger partial charge in [0, 0.05) is 7.05 Å². The van der Waals surface area contributed by atoms with Gasteiger partial charge in [0.05, 0.1) is 11.9 Å². The highest BCUT2D eigenvalue weighted by Crippen LogP contribution is 1.93. The van der Waals surface area contributed by atoms with Gasteiger partial charge < -0.3 is 0 Å². The Bertz CT molecular complexity index is 172. The molecule has 0 fully saturated rings. The molecule has 1 heterocycles. The number of halogens is 1. The Kier molecular flexibility index (Phi) is 1.24. The second kappa shape index (κ2) is 1.90. The molecule has 0 saturated carbocycles. The zero-order valence-corrected chi connectivity index (χ0v) is 4.50. The second-order valence-corrected chi connectivity index (χ2v) is 1.48. The fourth-order valence-electron chi connectivity index (χ4n) is 0.432. The van der Waals surface area contributed by atoms with Gasteiger partial charge in [-0.3, -0.25) is 0 Å². The SMILES string of the molecule is Cn1nncc1CF. The third kappa shape index (κ3) is 0.685. The number of nitrogens with zero attached hydrogens (tertiary/aromatic N) is 3. The van der Waals surface area contributed by atoms with Gasteiger partial charge in [-0.25, -0.2) is 9.07 Å². The van der Waals surface area contributed by atoms with Crippen molar-refractivity contribution < 1.29 is 4.39 Å². The average molecular weight is 115 g/mol. The van der Waals surface area contributed by atoms with E-state index < -0.39 is 6.67 Å². The predicted octanol–water partition coefficient (Wildman–Crippen LogP) is 0.285. The summed E-state index contributed by atoms with van der Waals surface area (Å²) in [6, 6.07) is 0. The Hall–Kier alpha value is -0.930. The summed E-state index contributed by atoms with van der Waals surface area (Å²) in [6.45, 7) is -0.497. The number of hydrogen-bond donors (Lipinski definition) is 0. The minimum absolute atomic E-state index is 0.497. The first-order valence-corrected chi connectivity index (χ1v) is 2.24. The Morgan fingerprint density at radius 1 is 1.88 bits per heavy atom. The number of hydrogen-bond acceptors (Lipinski definition) is 2. The van der Waals surface area contributed by atoms with Crippen molar-refractivity contribution >= 4 is 0 Å². The molecule has 0 N–H and O–H groups in total. The number of rotatable bonds is 1. The molecule has 8 heavy (non-hydrogen) atoms. The number of aryl methyl sites for hydroxylation is 1. The molecule has 0 aromatic carbocycles. The third-order valence-corrected chi connectivity index (χ3v) is 0.945. The summed E-state index contributed by atoms with van der Waals surface area (Å²) in [5.74, 6) is 0. The van der Waals surface area contributed by atoms with Gasteiger partial charge in [0.2, 0.25) is 0 Å². The van der Waals surface area contributed by atoms with Crippen molar-refractivity contribution in [3.63, 3.8) is 0 Å². The van der Waals surface area contributed by atoms with Crippen molar-refractivity contribution in [3.8, 4) is 0 Å². The molecule has 0 atom stereocenters. The summed E-state index contributed by atoms with van der Waals surface area (Å²) >= 11 is 0. The van der Waals surface area contributed by atoms with E-state index in [-0.39, 0.29) is 0 Å². The fraction of sp³-hybridized carbons (Fsp3) is 0.500. The Labute approximate surface area is 46.1 Å². The smallest absolute Gasteiger partial charge is 0.133 e. The van der Waals surface area contributed by atoms with Crippen LogP contribution in [-0.2, 0) is 13.7 Å². The zero-order valence-electron chi connectivity index (χ0n) is 4.50. The number of alkyl halides is 1. The highest BCUT2D eigenvalue weighted by molar-refractivity contribution is 4.89. The van der Waals surface area contributed by atoms with E-state index in [9.17, 15) is 4.39 Å². The quantitative estimate of drug-likeness (QED) is 0.526. The first-order valence-electron chi connectivity index (χ1n) is 2.24. The van der Waals surface area contributed by atoms with Crippen LogP contribution in [0.15, 0.2) is 6.20 Å². The van der Waals surface area contributed by atoms with Crippen molar-refractivity contribution in [2.75, 3.05) is 0 Å². The van der Waals surface area contributed by atoms with Gasteiger partial charge >= 0.3 is 0 Å². The third-order valence-electron chi connectivity index (χ3n) is 0.945. The maximum absolute atomic E-state index is 11.7. The van der Waals surface area contributed by atoms with Crippen LogP contribution in [0.3, 0.4) is 0 Å². The molecular formula is C4H6FN3. The van der Waals surface area contributed by atoms with E-state index in [2.05, 4.69) is 10.3 Å². The van der Waals surface area contributed by atoms with Crippen LogP contribution < -0.4 is 0 Å². The number of aromatic nitrogens is 3. The van der Waals surface area contributed by atoms with Crippen molar-refractivity contribution in [2.45, 2.75) is 6.67 Å². The molecule has 44 valence electrons. The lowest BCUT2D eigenvalue weighted by Gasteiger charge is -1.88. The molecule has 0 saturated heterocycles. The monoisotopic (exact) mass is 115 g/mol. The van der Waals surface area contributed by atoms with Crippen molar-refractivity contribution in [2.24, 2.45) is 7.05 Å². The average Bonchev–Trinajstić information content (AvgIpc) is 2.14. The largest absolute Gasteiger partial charge is 0.250 e. The molecule has 0 radical (unpaired) electrons. The molecule has 1 aromatic heterocycles. The van der Waals surface area contributed by atoms with Gasteiger partial charge in [0.15, 0.2) is 0 Å². The summed E-state index contributed by atoms with van der Waals surface area (Å²) < 4.78 is 13.1. The van der Waals surface area contributed by atoms with E-state index in [1.807, 2.05) is 0 Å². The molecule has 0 amide bonds. The van der Waals surface area contributed by atoms with Gasteiger partial charge in [0.25, 0.3) is 0 Å². The van der Waals surface area contributed by atoms with Crippen LogP contribution in [0.1, 0.15) is 5.69 Å². The van der Waals surface area contributed by atoms with E-state index in [1.165, 1.54) is 10.9 Å². The molecule has 4 heteroatoms. The van der Waals surface area contributed by atoms with Crippen molar-refractivity contribution in [1.29, 1.82) is 0 Å². The minimum atomic E-state index is -0.497. The van der Waals surface area contributed by atoms with Crippen LogP contribution in [0.5, 0.6) is 0 Å². The molecule has 0 unspecified atom stereocenters. The second-order valence-electron chi connectivity index (χ2n) is 1.48. The molecular weight excluding hydrogens is 109 g/mol. The first kappa shape index (κ1) is 5.21. The van der Waals surface area contributed by atoms with E-state index in [0.717, 1.165) is 0 Å². The Balaban J connectivity index is 2.92. The van der Waals surface area contributed by atoms with Crippen LogP contribution in [-0.4, -0.2) is 15.0 Å². The van der Waals surface area contributed by atoms with Crippen LogP contribution in [0.2, 0.25) is 0 Å². The standard InChI is InChI=1S/C4H6FN3/c1-8-4(2-5)3-6-7-8/h3H,2H2,1H3.